The lowest BCUT2D eigenvalue weighted by Crippen LogP contribution is -2.48. The second-order valence-corrected chi connectivity index (χ2v) is 7.75. The fourth-order valence-corrected chi connectivity index (χ4v) is 3.42. The molecule has 4 N–H and O–H groups in total. The molecule has 1 aliphatic carbocycles. The van der Waals surface area contributed by atoms with Crippen LogP contribution in [0.5, 0.6) is 5.75 Å². The monoisotopic (exact) mass is 362 g/mol. The van der Waals surface area contributed by atoms with Gasteiger partial charge in [-0.3, -0.25) is 0 Å². The van der Waals surface area contributed by atoms with Gasteiger partial charge in [0.25, 0.3) is 0 Å². The molecule has 0 bridgehead atoms. The zero-order chi connectivity index (χ0) is 18.6. The highest BCUT2D eigenvalue weighted by Crippen LogP contribution is 2.45. The van der Waals surface area contributed by atoms with E-state index in [1.165, 1.54) is 6.07 Å². The van der Waals surface area contributed by atoms with E-state index in [2.05, 4.69) is 27.5 Å². The van der Waals surface area contributed by atoms with Crippen molar-refractivity contribution < 1.29 is 15.0 Å². The average molecular weight is 362 g/mol. The third kappa shape index (κ3) is 5.33. The van der Waals surface area contributed by atoms with E-state index >= 15 is 0 Å². The van der Waals surface area contributed by atoms with Crippen molar-refractivity contribution in [3.05, 3.63) is 29.8 Å². The van der Waals surface area contributed by atoms with Crippen LogP contribution in [-0.4, -0.2) is 78.9 Å². The van der Waals surface area contributed by atoms with E-state index in [4.69, 9.17) is 0 Å². The van der Waals surface area contributed by atoms with Crippen LogP contribution in [0, 0.1) is 5.41 Å². The number of benzene rings is 1. The highest BCUT2D eigenvalue weighted by molar-refractivity contribution is 5.74. The Morgan fingerprint density at radius 1 is 1.23 bits per heavy atom. The fourth-order valence-electron chi connectivity index (χ4n) is 3.42. The number of nitrogens with zero attached hydrogens (tertiary/aromatic N) is 2. The number of rotatable bonds is 7. The molecule has 2 aliphatic rings. The van der Waals surface area contributed by atoms with Crippen LogP contribution in [0.3, 0.4) is 0 Å². The van der Waals surface area contributed by atoms with Crippen LogP contribution >= 0.6 is 0 Å². The zero-order valence-corrected chi connectivity index (χ0v) is 15.4. The number of carbonyl (C=O) groups excluding carboxylic acids is 1. The van der Waals surface area contributed by atoms with Crippen molar-refractivity contribution in [3.63, 3.8) is 0 Å². The topological polar surface area (TPSA) is 88.1 Å². The second kappa shape index (κ2) is 8.24. The first-order valence-corrected chi connectivity index (χ1v) is 9.35. The third-order valence-electron chi connectivity index (χ3n) is 5.45. The molecule has 1 saturated heterocycles. The van der Waals surface area contributed by atoms with Crippen molar-refractivity contribution in [1.29, 1.82) is 0 Å². The second-order valence-electron chi connectivity index (χ2n) is 7.75. The molecule has 2 fully saturated rings. The van der Waals surface area contributed by atoms with E-state index < -0.39 is 6.10 Å². The Kier molecular flexibility index (Phi) is 6.01. The molecule has 144 valence electrons. The quantitative estimate of drug-likeness (QED) is 0.575. The van der Waals surface area contributed by atoms with E-state index in [0.29, 0.717) is 12.1 Å². The van der Waals surface area contributed by atoms with Crippen LogP contribution in [0.2, 0.25) is 0 Å². The molecule has 1 atom stereocenters. The summed E-state index contributed by atoms with van der Waals surface area (Å²) in [5.41, 5.74) is 0.802. The van der Waals surface area contributed by atoms with Crippen molar-refractivity contribution in [2.75, 3.05) is 52.9 Å². The Morgan fingerprint density at radius 2 is 1.96 bits per heavy atom. The van der Waals surface area contributed by atoms with Gasteiger partial charge in [0.05, 0.1) is 6.10 Å². The molecule has 0 unspecified atom stereocenters. The van der Waals surface area contributed by atoms with E-state index in [-0.39, 0.29) is 23.7 Å². The summed E-state index contributed by atoms with van der Waals surface area (Å²) < 4.78 is 0. The van der Waals surface area contributed by atoms with Gasteiger partial charge in [-0.25, -0.2) is 4.79 Å². The summed E-state index contributed by atoms with van der Waals surface area (Å²) in [6, 6.07) is 6.18. The summed E-state index contributed by atoms with van der Waals surface area (Å²) in [4.78, 5) is 16.9. The number of hydrogen-bond acceptors (Lipinski definition) is 5. The summed E-state index contributed by atoms with van der Waals surface area (Å²) in [6.45, 7) is 6.25. The molecule has 1 aromatic rings. The smallest absolute Gasteiger partial charge is 0.314 e. The number of phenols is 1. The lowest BCUT2D eigenvalue weighted by molar-refractivity contribution is 0.129. The average Bonchev–Trinajstić information content (AvgIpc) is 3.40. The largest absolute Gasteiger partial charge is 0.508 e. The normalized spacial score (nSPS) is 21.2. The van der Waals surface area contributed by atoms with Gasteiger partial charge in [-0.15, -0.1) is 0 Å². The van der Waals surface area contributed by atoms with Crippen molar-refractivity contribution in [2.45, 2.75) is 18.9 Å². The van der Waals surface area contributed by atoms with Crippen LogP contribution in [0.25, 0.3) is 0 Å². The molecule has 1 aliphatic heterocycles. The van der Waals surface area contributed by atoms with Gasteiger partial charge in [0, 0.05) is 51.2 Å². The molecule has 7 nitrogen and oxygen atoms in total. The van der Waals surface area contributed by atoms with Gasteiger partial charge in [-0.2, -0.15) is 0 Å². The van der Waals surface area contributed by atoms with Gasteiger partial charge >= 0.3 is 6.03 Å². The van der Waals surface area contributed by atoms with Gasteiger partial charge in [-0.05, 0) is 37.6 Å². The molecular weight excluding hydrogens is 332 g/mol. The Morgan fingerprint density at radius 3 is 2.62 bits per heavy atom. The lowest BCUT2D eigenvalue weighted by Gasteiger charge is -2.34. The Bertz CT molecular complexity index is 613. The van der Waals surface area contributed by atoms with Crippen LogP contribution < -0.4 is 10.6 Å². The number of urea groups is 1. The van der Waals surface area contributed by atoms with Crippen LogP contribution in [-0.2, 0) is 0 Å². The van der Waals surface area contributed by atoms with Gasteiger partial charge in [0.2, 0.25) is 0 Å². The first-order valence-electron chi connectivity index (χ1n) is 9.35. The predicted molar refractivity (Wildman–Crippen MR) is 100 cm³/mol. The molecule has 0 aromatic heterocycles. The highest BCUT2D eigenvalue weighted by Gasteiger charge is 2.44. The number of nitrogens with one attached hydrogen (secondary N) is 2. The maximum atomic E-state index is 12.1. The highest BCUT2D eigenvalue weighted by atomic mass is 16.3. The van der Waals surface area contributed by atoms with Crippen molar-refractivity contribution in [2.24, 2.45) is 5.41 Å². The van der Waals surface area contributed by atoms with Crippen LogP contribution in [0.4, 0.5) is 4.79 Å². The van der Waals surface area contributed by atoms with Crippen molar-refractivity contribution in [1.82, 2.24) is 20.4 Å². The van der Waals surface area contributed by atoms with Gasteiger partial charge < -0.3 is 30.6 Å². The molecular formula is C19H30N4O3. The Labute approximate surface area is 155 Å². The summed E-state index contributed by atoms with van der Waals surface area (Å²) >= 11 is 0. The number of aliphatic hydroxyl groups is 1. The number of piperazine rings is 1. The van der Waals surface area contributed by atoms with E-state index in [1.807, 2.05) is 0 Å². The number of aromatic hydroxyl groups is 1. The van der Waals surface area contributed by atoms with E-state index in [9.17, 15) is 15.0 Å². The summed E-state index contributed by atoms with van der Waals surface area (Å²) in [7, 11) is 2.15. The number of hydrogen-bond donors (Lipinski definition) is 4. The molecule has 26 heavy (non-hydrogen) atoms. The number of carbonyl (C=O) groups is 1. The van der Waals surface area contributed by atoms with Gasteiger partial charge in [0.15, 0.2) is 0 Å². The third-order valence-corrected chi connectivity index (χ3v) is 5.45. The fraction of sp³-hybridized carbons (Fsp3) is 0.632. The molecule has 1 aromatic carbocycles. The molecule has 0 radical (unpaired) electrons. The first-order chi connectivity index (χ1) is 12.5. The summed E-state index contributed by atoms with van der Waals surface area (Å²) in [5.74, 6) is 0.102. The zero-order valence-electron chi connectivity index (χ0n) is 15.4. The predicted octanol–water partition coefficient (Wildman–Crippen LogP) is 0.752. The maximum absolute atomic E-state index is 12.1. The molecule has 2 amide bonds. The van der Waals surface area contributed by atoms with E-state index in [1.54, 1.807) is 18.2 Å². The number of amides is 2. The molecule has 1 saturated carbocycles. The molecule has 0 spiro atoms. The van der Waals surface area contributed by atoms with E-state index in [0.717, 1.165) is 45.6 Å². The lowest BCUT2D eigenvalue weighted by atomic mass is 10.1. The Hall–Kier alpha value is -1.83. The molecule has 3 rings (SSSR count). The minimum atomic E-state index is -0.840. The van der Waals surface area contributed by atoms with Crippen LogP contribution in [0.1, 0.15) is 24.5 Å². The number of phenolic OH excluding ortho intramolecular Hbond substituents is 1. The number of aliphatic hydroxyl groups excluding tert-OH is 1. The maximum Gasteiger partial charge on any atom is 0.314 e. The summed E-state index contributed by atoms with van der Waals surface area (Å²) in [6.07, 6.45) is 1.48. The van der Waals surface area contributed by atoms with Gasteiger partial charge in [-0.1, -0.05) is 12.1 Å². The Balaban J connectivity index is 1.37. The number of likely N-dealkylation sites (N-methyl/N-ethyl adjacent to an activating group) is 1. The van der Waals surface area contributed by atoms with Crippen LogP contribution in [0.15, 0.2) is 24.3 Å². The van der Waals surface area contributed by atoms with Gasteiger partial charge in [0.1, 0.15) is 5.75 Å². The van der Waals surface area contributed by atoms with Crippen molar-refractivity contribution in [3.8, 4) is 5.75 Å². The summed E-state index contributed by atoms with van der Waals surface area (Å²) in [5, 5.41) is 25.2. The molecule has 7 heteroatoms. The van der Waals surface area contributed by atoms with Crippen molar-refractivity contribution >= 4 is 6.03 Å². The minimum absolute atomic E-state index is 0.102. The molecule has 1 heterocycles. The SMILES string of the molecule is CN1CCN(CC2(CNC(=O)NC[C@H](O)c3cccc(O)c3)CC2)CC1. The standard InChI is InChI=1S/C19H30N4O3/c1-22-7-9-23(10-8-22)14-19(5-6-19)13-21-18(26)20-12-17(25)15-3-2-4-16(24)11-15/h2-4,11,17,24-25H,5-10,12-14H2,1H3,(H2,20,21,26)/t17-/m0/s1. The minimum Gasteiger partial charge on any atom is -0.508 e. The first kappa shape index (κ1) is 18.9.